The fourth-order valence-electron chi connectivity index (χ4n) is 2.22. The zero-order chi connectivity index (χ0) is 15.2. The summed E-state index contributed by atoms with van der Waals surface area (Å²) >= 11 is 0. The van der Waals surface area contributed by atoms with E-state index in [1.54, 1.807) is 25.4 Å². The van der Waals surface area contributed by atoms with Crippen LogP contribution in [0.1, 0.15) is 28.2 Å². The van der Waals surface area contributed by atoms with E-state index in [0.29, 0.717) is 17.9 Å². The maximum atomic E-state index is 12.1. The predicted octanol–water partition coefficient (Wildman–Crippen LogP) is 1.76. The van der Waals surface area contributed by atoms with Crippen molar-refractivity contribution in [1.82, 2.24) is 20.1 Å². The molecule has 21 heavy (non-hydrogen) atoms. The van der Waals surface area contributed by atoms with E-state index >= 15 is 0 Å². The molecular formula is C15H21N5O. The number of carbonyl (C=O) groups is 1. The number of nitrogens with zero attached hydrogens (tertiary/aromatic N) is 3. The van der Waals surface area contributed by atoms with Crippen molar-refractivity contribution in [2.24, 2.45) is 0 Å². The zero-order valence-corrected chi connectivity index (χ0v) is 12.7. The van der Waals surface area contributed by atoms with Gasteiger partial charge in [-0.2, -0.15) is 5.10 Å². The smallest absolute Gasteiger partial charge is 0.255 e. The molecule has 0 saturated heterocycles. The summed E-state index contributed by atoms with van der Waals surface area (Å²) < 4.78 is 1.96. The molecule has 2 heterocycles. The number of aryl methyl sites for hydroxylation is 3. The molecule has 0 atom stereocenters. The molecule has 0 aliphatic heterocycles. The summed E-state index contributed by atoms with van der Waals surface area (Å²) in [6, 6.07) is 5.56. The van der Waals surface area contributed by atoms with Gasteiger partial charge in [0.25, 0.3) is 5.91 Å². The van der Waals surface area contributed by atoms with Crippen LogP contribution in [-0.2, 0) is 6.54 Å². The Bertz CT molecular complexity index is 620. The quantitative estimate of drug-likeness (QED) is 0.794. The Morgan fingerprint density at radius 3 is 2.86 bits per heavy atom. The summed E-state index contributed by atoms with van der Waals surface area (Å²) in [7, 11) is 1.75. The lowest BCUT2D eigenvalue weighted by Gasteiger charge is -2.09. The lowest BCUT2D eigenvalue weighted by Crippen LogP contribution is -2.26. The molecule has 2 aromatic rings. The number of pyridine rings is 1. The van der Waals surface area contributed by atoms with Crippen LogP contribution in [0.15, 0.2) is 24.4 Å². The largest absolute Gasteiger partial charge is 0.372 e. The van der Waals surface area contributed by atoms with Gasteiger partial charge in [-0.05, 0) is 38.5 Å². The van der Waals surface area contributed by atoms with Gasteiger partial charge in [0.05, 0.1) is 11.3 Å². The number of hydrogen-bond acceptors (Lipinski definition) is 4. The molecule has 6 nitrogen and oxygen atoms in total. The Kier molecular flexibility index (Phi) is 4.92. The average Bonchev–Trinajstić information content (AvgIpc) is 2.81. The van der Waals surface area contributed by atoms with Crippen LogP contribution < -0.4 is 10.6 Å². The molecule has 0 bridgehead atoms. The third kappa shape index (κ3) is 3.81. The van der Waals surface area contributed by atoms with Crippen molar-refractivity contribution in [2.75, 3.05) is 18.9 Å². The summed E-state index contributed by atoms with van der Waals surface area (Å²) in [4.78, 5) is 16.2. The molecule has 0 spiro atoms. The molecule has 0 unspecified atom stereocenters. The molecule has 1 amide bonds. The minimum atomic E-state index is -0.110. The van der Waals surface area contributed by atoms with Crippen molar-refractivity contribution < 1.29 is 4.79 Å². The summed E-state index contributed by atoms with van der Waals surface area (Å²) in [5.74, 6) is 0.481. The van der Waals surface area contributed by atoms with Gasteiger partial charge in [-0.1, -0.05) is 0 Å². The average molecular weight is 287 g/mol. The van der Waals surface area contributed by atoms with Gasteiger partial charge >= 0.3 is 0 Å². The van der Waals surface area contributed by atoms with Crippen molar-refractivity contribution >= 4 is 11.7 Å². The molecule has 0 saturated carbocycles. The molecule has 2 rings (SSSR count). The lowest BCUT2D eigenvalue weighted by atomic mass is 10.2. The number of nitrogens with one attached hydrogen (secondary N) is 2. The molecule has 0 aliphatic rings. The molecule has 0 aromatic carbocycles. The summed E-state index contributed by atoms with van der Waals surface area (Å²) in [6.07, 6.45) is 2.49. The van der Waals surface area contributed by atoms with Gasteiger partial charge in [0.2, 0.25) is 0 Å². The van der Waals surface area contributed by atoms with Gasteiger partial charge in [0, 0.05) is 32.0 Å². The standard InChI is InChI=1S/C15H21N5O/c1-11-10-12(2)20(19-11)9-5-8-18-15(21)13-6-4-7-17-14(13)16-3/h4,6-7,10H,5,8-9H2,1-3H3,(H,16,17)(H,18,21). The fourth-order valence-corrected chi connectivity index (χ4v) is 2.22. The van der Waals surface area contributed by atoms with Crippen molar-refractivity contribution in [1.29, 1.82) is 0 Å². The van der Waals surface area contributed by atoms with E-state index < -0.39 is 0 Å². The molecule has 0 radical (unpaired) electrons. The Balaban J connectivity index is 1.83. The highest BCUT2D eigenvalue weighted by Crippen LogP contribution is 2.10. The highest BCUT2D eigenvalue weighted by atomic mass is 16.1. The van der Waals surface area contributed by atoms with E-state index in [2.05, 4.69) is 20.7 Å². The molecule has 112 valence electrons. The fraction of sp³-hybridized carbons (Fsp3) is 0.400. The Morgan fingerprint density at radius 1 is 1.38 bits per heavy atom. The topological polar surface area (TPSA) is 71.8 Å². The molecule has 2 aromatic heterocycles. The number of aromatic nitrogens is 3. The van der Waals surface area contributed by atoms with E-state index in [0.717, 1.165) is 24.4 Å². The Labute approximate surface area is 124 Å². The summed E-state index contributed by atoms with van der Waals surface area (Å²) in [5.41, 5.74) is 2.72. The van der Waals surface area contributed by atoms with Gasteiger partial charge in [-0.25, -0.2) is 4.98 Å². The second-order valence-electron chi connectivity index (χ2n) is 4.91. The Hall–Kier alpha value is -2.37. The molecule has 0 fully saturated rings. The first-order valence-electron chi connectivity index (χ1n) is 7.04. The van der Waals surface area contributed by atoms with Crippen LogP contribution in [-0.4, -0.2) is 34.3 Å². The second-order valence-corrected chi connectivity index (χ2v) is 4.91. The second kappa shape index (κ2) is 6.88. The number of carbonyl (C=O) groups excluding carboxylic acids is 1. The zero-order valence-electron chi connectivity index (χ0n) is 12.7. The molecule has 0 aliphatic carbocycles. The van der Waals surface area contributed by atoms with Gasteiger partial charge in [0.1, 0.15) is 5.82 Å². The van der Waals surface area contributed by atoms with E-state index in [4.69, 9.17) is 0 Å². The first kappa shape index (κ1) is 15.0. The summed E-state index contributed by atoms with van der Waals surface area (Å²) in [6.45, 7) is 5.42. The van der Waals surface area contributed by atoms with E-state index in [9.17, 15) is 4.79 Å². The molecular weight excluding hydrogens is 266 g/mol. The minimum Gasteiger partial charge on any atom is -0.372 e. The van der Waals surface area contributed by atoms with Crippen LogP contribution in [0.2, 0.25) is 0 Å². The van der Waals surface area contributed by atoms with Crippen LogP contribution in [0.4, 0.5) is 5.82 Å². The Morgan fingerprint density at radius 2 is 2.19 bits per heavy atom. The van der Waals surface area contributed by atoms with Gasteiger partial charge in [-0.3, -0.25) is 9.48 Å². The van der Waals surface area contributed by atoms with Gasteiger partial charge in [-0.15, -0.1) is 0 Å². The van der Waals surface area contributed by atoms with Crippen LogP contribution in [0.5, 0.6) is 0 Å². The van der Waals surface area contributed by atoms with Crippen LogP contribution in [0.25, 0.3) is 0 Å². The van der Waals surface area contributed by atoms with Crippen LogP contribution >= 0.6 is 0 Å². The number of hydrogen-bond donors (Lipinski definition) is 2. The summed E-state index contributed by atoms with van der Waals surface area (Å²) in [5, 5.41) is 10.2. The van der Waals surface area contributed by atoms with Crippen molar-refractivity contribution in [3.05, 3.63) is 41.3 Å². The number of anilines is 1. The third-order valence-electron chi connectivity index (χ3n) is 3.22. The maximum Gasteiger partial charge on any atom is 0.255 e. The third-order valence-corrected chi connectivity index (χ3v) is 3.22. The minimum absolute atomic E-state index is 0.110. The first-order valence-corrected chi connectivity index (χ1v) is 7.04. The van der Waals surface area contributed by atoms with Gasteiger partial charge < -0.3 is 10.6 Å². The monoisotopic (exact) mass is 287 g/mol. The van der Waals surface area contributed by atoms with Crippen molar-refractivity contribution in [3.8, 4) is 0 Å². The number of amides is 1. The number of rotatable bonds is 6. The van der Waals surface area contributed by atoms with Gasteiger partial charge in [0.15, 0.2) is 0 Å². The predicted molar refractivity (Wildman–Crippen MR) is 82.4 cm³/mol. The van der Waals surface area contributed by atoms with E-state index in [1.165, 1.54) is 0 Å². The normalized spacial score (nSPS) is 10.4. The SMILES string of the molecule is CNc1ncccc1C(=O)NCCCn1nc(C)cc1C. The van der Waals surface area contributed by atoms with E-state index in [1.807, 2.05) is 24.6 Å². The highest BCUT2D eigenvalue weighted by Gasteiger charge is 2.10. The lowest BCUT2D eigenvalue weighted by molar-refractivity contribution is 0.0953. The highest BCUT2D eigenvalue weighted by molar-refractivity contribution is 5.98. The van der Waals surface area contributed by atoms with Crippen LogP contribution in [0, 0.1) is 13.8 Å². The van der Waals surface area contributed by atoms with E-state index in [-0.39, 0.29) is 5.91 Å². The maximum absolute atomic E-state index is 12.1. The first-order chi connectivity index (χ1) is 10.1. The van der Waals surface area contributed by atoms with Crippen molar-refractivity contribution in [3.63, 3.8) is 0 Å². The van der Waals surface area contributed by atoms with Crippen molar-refractivity contribution in [2.45, 2.75) is 26.8 Å². The molecule has 6 heteroatoms. The molecule has 2 N–H and O–H groups in total. The van der Waals surface area contributed by atoms with Crippen LogP contribution in [0.3, 0.4) is 0 Å².